The molecule has 5 heteroatoms. The molecule has 1 aliphatic heterocycles. The van der Waals surface area contributed by atoms with Crippen LogP contribution < -0.4 is 4.84 Å². The summed E-state index contributed by atoms with van der Waals surface area (Å²) in [6.45, 7) is 0.647. The summed E-state index contributed by atoms with van der Waals surface area (Å²) >= 11 is 6.23. The van der Waals surface area contributed by atoms with Crippen molar-refractivity contribution in [2.75, 3.05) is 7.05 Å². The third kappa shape index (κ3) is 4.03. The minimum absolute atomic E-state index is 0.0816. The lowest BCUT2D eigenvalue weighted by Crippen LogP contribution is -2.13. The Hall–Kier alpha value is -3.47. The highest BCUT2D eigenvalue weighted by atomic mass is 35.5. The number of hydroxylamine groups is 2. The van der Waals surface area contributed by atoms with Gasteiger partial charge in [-0.1, -0.05) is 35.9 Å². The van der Waals surface area contributed by atoms with E-state index >= 15 is 0 Å². The van der Waals surface area contributed by atoms with E-state index in [9.17, 15) is 9.18 Å². The second kappa shape index (κ2) is 8.23. The predicted molar refractivity (Wildman–Crippen MR) is 126 cm³/mol. The van der Waals surface area contributed by atoms with Crippen molar-refractivity contribution < 1.29 is 14.0 Å². The number of fused-ring (bicyclic) bond motifs is 2. The highest BCUT2D eigenvalue weighted by Crippen LogP contribution is 2.33. The topological polar surface area (TPSA) is 29.5 Å². The van der Waals surface area contributed by atoms with Crippen LogP contribution in [0.15, 0.2) is 78.9 Å². The minimum Gasteiger partial charge on any atom is -0.406 e. The normalized spacial score (nSPS) is 13.5. The quantitative estimate of drug-likeness (QED) is 0.253. The molecule has 1 heterocycles. The molecule has 0 amide bonds. The molecule has 0 bridgehead atoms. The monoisotopic (exact) mass is 443 g/mol. The molecule has 4 aromatic carbocycles. The van der Waals surface area contributed by atoms with Crippen LogP contribution in [0.3, 0.4) is 0 Å². The Kier molecular flexibility index (Phi) is 5.25. The maximum Gasteiger partial charge on any atom is 0.185 e. The van der Waals surface area contributed by atoms with Crippen molar-refractivity contribution in [1.82, 2.24) is 5.06 Å². The lowest BCUT2D eigenvalue weighted by Gasteiger charge is -2.10. The maximum atomic E-state index is 13.5. The van der Waals surface area contributed by atoms with Crippen molar-refractivity contribution in [3.8, 4) is 16.9 Å². The lowest BCUT2D eigenvalue weighted by molar-refractivity contribution is -0.0137. The number of hydrogen-bond donors (Lipinski definition) is 0. The predicted octanol–water partition coefficient (Wildman–Crippen LogP) is 6.93. The summed E-state index contributed by atoms with van der Waals surface area (Å²) in [5.41, 5.74) is 4.28. The van der Waals surface area contributed by atoms with Gasteiger partial charge in [-0.2, -0.15) is 0 Å². The molecule has 0 spiro atoms. The first-order valence-electron chi connectivity index (χ1n) is 10.2. The molecule has 5 rings (SSSR count). The van der Waals surface area contributed by atoms with E-state index in [1.54, 1.807) is 35.4 Å². The number of benzene rings is 4. The van der Waals surface area contributed by atoms with Gasteiger partial charge in [0.05, 0.1) is 6.54 Å². The molecule has 32 heavy (non-hydrogen) atoms. The van der Waals surface area contributed by atoms with E-state index in [0.717, 1.165) is 38.8 Å². The molecule has 0 unspecified atom stereocenters. The van der Waals surface area contributed by atoms with Crippen molar-refractivity contribution in [1.29, 1.82) is 0 Å². The standard InChI is InChI=1S/C27H19ClFNO2/c1-30-16-21-14-20(6-11-27(21)32-30)26(31)10-2-17-12-19-3-7-22(28)15-25(19)24(13-17)18-4-8-23(29)9-5-18/h2-15H,16H2,1H3/b10-2+. The molecule has 0 fully saturated rings. The molecule has 0 saturated carbocycles. The Labute approximate surface area is 190 Å². The van der Waals surface area contributed by atoms with Gasteiger partial charge in [-0.25, -0.2) is 4.39 Å². The average Bonchev–Trinajstić information content (AvgIpc) is 3.17. The summed E-state index contributed by atoms with van der Waals surface area (Å²) in [4.78, 5) is 18.4. The molecule has 1 aliphatic rings. The van der Waals surface area contributed by atoms with Gasteiger partial charge in [0.1, 0.15) is 5.82 Å². The third-order valence-electron chi connectivity index (χ3n) is 5.51. The summed E-state index contributed by atoms with van der Waals surface area (Å²) in [5, 5.41) is 4.31. The van der Waals surface area contributed by atoms with E-state index in [0.29, 0.717) is 17.1 Å². The molecule has 0 aliphatic carbocycles. The number of nitrogens with zero attached hydrogens (tertiary/aromatic N) is 1. The van der Waals surface area contributed by atoms with Gasteiger partial charge in [0, 0.05) is 23.2 Å². The minimum atomic E-state index is -0.288. The van der Waals surface area contributed by atoms with Gasteiger partial charge in [0.25, 0.3) is 0 Å². The highest BCUT2D eigenvalue weighted by Gasteiger charge is 2.18. The largest absolute Gasteiger partial charge is 0.406 e. The Morgan fingerprint density at radius 1 is 1.03 bits per heavy atom. The summed E-state index contributed by atoms with van der Waals surface area (Å²) in [6, 6.07) is 21.5. The SMILES string of the molecule is CN1Cc2cc(C(=O)/C=C/c3cc(-c4ccc(F)cc4)c4cc(Cl)ccc4c3)ccc2O1. The van der Waals surface area contributed by atoms with Crippen molar-refractivity contribution in [2.24, 2.45) is 0 Å². The van der Waals surface area contributed by atoms with Crippen LogP contribution >= 0.6 is 11.6 Å². The van der Waals surface area contributed by atoms with Crippen LogP contribution in [0.4, 0.5) is 4.39 Å². The average molecular weight is 444 g/mol. The third-order valence-corrected chi connectivity index (χ3v) is 5.75. The molecule has 0 atom stereocenters. The van der Waals surface area contributed by atoms with Crippen molar-refractivity contribution in [3.05, 3.63) is 106 Å². The number of hydrogen-bond acceptors (Lipinski definition) is 3. The van der Waals surface area contributed by atoms with Gasteiger partial charge in [0.15, 0.2) is 11.5 Å². The molecule has 0 aromatic heterocycles. The van der Waals surface area contributed by atoms with Crippen molar-refractivity contribution in [3.63, 3.8) is 0 Å². The summed E-state index contributed by atoms with van der Waals surface area (Å²) in [5.74, 6) is 0.413. The molecule has 158 valence electrons. The summed E-state index contributed by atoms with van der Waals surface area (Å²) in [7, 11) is 1.85. The number of carbonyl (C=O) groups excluding carboxylic acids is 1. The van der Waals surface area contributed by atoms with Crippen molar-refractivity contribution >= 4 is 34.2 Å². The fraction of sp³-hybridized carbons (Fsp3) is 0.0741. The number of ketones is 1. The number of allylic oxidation sites excluding steroid dienone is 1. The molecule has 0 saturated heterocycles. The lowest BCUT2D eigenvalue weighted by atomic mass is 9.95. The number of carbonyl (C=O) groups is 1. The van der Waals surface area contributed by atoms with Crippen LogP contribution in [0.25, 0.3) is 28.0 Å². The van der Waals surface area contributed by atoms with Gasteiger partial charge in [-0.05, 0) is 88.1 Å². The maximum absolute atomic E-state index is 13.5. The van der Waals surface area contributed by atoms with Crippen LogP contribution in [0.1, 0.15) is 21.5 Å². The van der Waals surface area contributed by atoms with Gasteiger partial charge in [-0.15, -0.1) is 5.06 Å². The molecule has 0 N–H and O–H groups in total. The highest BCUT2D eigenvalue weighted by molar-refractivity contribution is 6.31. The van der Waals surface area contributed by atoms with Crippen molar-refractivity contribution in [2.45, 2.75) is 6.54 Å². The van der Waals surface area contributed by atoms with Gasteiger partial charge in [-0.3, -0.25) is 4.79 Å². The second-order valence-electron chi connectivity index (χ2n) is 7.84. The first-order chi connectivity index (χ1) is 15.5. The molecular weight excluding hydrogens is 425 g/mol. The number of halogens is 2. The van der Waals surface area contributed by atoms with E-state index in [1.807, 2.05) is 49.5 Å². The van der Waals surface area contributed by atoms with Gasteiger partial charge >= 0.3 is 0 Å². The Morgan fingerprint density at radius 3 is 2.66 bits per heavy atom. The smallest absolute Gasteiger partial charge is 0.185 e. The van der Waals surface area contributed by atoms with E-state index in [4.69, 9.17) is 16.4 Å². The fourth-order valence-electron chi connectivity index (χ4n) is 3.97. The second-order valence-corrected chi connectivity index (χ2v) is 8.27. The van der Waals surface area contributed by atoms with Crippen LogP contribution in [-0.4, -0.2) is 17.9 Å². The first-order valence-corrected chi connectivity index (χ1v) is 10.6. The van der Waals surface area contributed by atoms with Gasteiger partial charge < -0.3 is 4.84 Å². The summed E-state index contributed by atoms with van der Waals surface area (Å²) in [6.07, 6.45) is 3.38. The fourth-order valence-corrected chi connectivity index (χ4v) is 4.14. The van der Waals surface area contributed by atoms with Crippen LogP contribution in [-0.2, 0) is 6.54 Å². The molecule has 3 nitrogen and oxygen atoms in total. The molecule has 0 radical (unpaired) electrons. The van der Waals surface area contributed by atoms with Crippen LogP contribution in [0.2, 0.25) is 5.02 Å². The first kappa shape index (κ1) is 20.4. The van der Waals surface area contributed by atoms with Crippen LogP contribution in [0, 0.1) is 5.82 Å². The Balaban J connectivity index is 1.51. The van der Waals surface area contributed by atoms with E-state index in [-0.39, 0.29) is 11.6 Å². The summed E-state index contributed by atoms with van der Waals surface area (Å²) < 4.78 is 13.5. The zero-order valence-corrected chi connectivity index (χ0v) is 18.1. The number of rotatable bonds is 4. The van der Waals surface area contributed by atoms with E-state index in [2.05, 4.69) is 0 Å². The molecular formula is C27H19ClFNO2. The Morgan fingerprint density at radius 2 is 1.84 bits per heavy atom. The zero-order valence-electron chi connectivity index (χ0n) is 17.3. The van der Waals surface area contributed by atoms with E-state index < -0.39 is 0 Å². The zero-order chi connectivity index (χ0) is 22.2. The van der Waals surface area contributed by atoms with Gasteiger partial charge in [0.2, 0.25) is 0 Å². The van der Waals surface area contributed by atoms with Crippen LogP contribution in [0.5, 0.6) is 5.75 Å². The Bertz CT molecular complexity index is 1380. The van der Waals surface area contributed by atoms with E-state index in [1.165, 1.54) is 12.1 Å². The molecule has 4 aromatic rings.